The molecule has 140 valence electrons. The van der Waals surface area contributed by atoms with Gasteiger partial charge in [-0.1, -0.05) is 24.4 Å². The van der Waals surface area contributed by atoms with Gasteiger partial charge in [-0.25, -0.2) is 0 Å². The molecule has 0 amide bonds. The summed E-state index contributed by atoms with van der Waals surface area (Å²) in [6.07, 6.45) is 1.38. The Labute approximate surface area is 168 Å². The minimum absolute atomic E-state index is 0.666. The summed E-state index contributed by atoms with van der Waals surface area (Å²) in [5.74, 6) is 0. The Morgan fingerprint density at radius 2 is 1.18 bits per heavy atom. The van der Waals surface area contributed by atoms with Gasteiger partial charge < -0.3 is 11.5 Å². The Morgan fingerprint density at radius 3 is 1.61 bits per heavy atom. The SMILES string of the molecule is Cc1nnc2ccc(CC(=S)Cc3ccc4nnc(C)c(N)c4c3)cc2c1N. The summed E-state index contributed by atoms with van der Waals surface area (Å²) < 4.78 is 0. The molecule has 0 bridgehead atoms. The monoisotopic (exact) mass is 388 g/mol. The van der Waals surface area contributed by atoms with Crippen molar-refractivity contribution in [2.75, 3.05) is 11.5 Å². The van der Waals surface area contributed by atoms with Crippen LogP contribution in [0, 0.1) is 13.8 Å². The molecule has 0 fully saturated rings. The number of nitrogens with two attached hydrogens (primary N) is 2. The molecule has 4 rings (SSSR count). The second-order valence-electron chi connectivity index (χ2n) is 6.99. The van der Waals surface area contributed by atoms with E-state index in [0.717, 1.165) is 49.2 Å². The molecule has 2 aromatic carbocycles. The quantitative estimate of drug-likeness (QED) is 0.516. The number of rotatable bonds is 4. The van der Waals surface area contributed by atoms with Gasteiger partial charge in [-0.2, -0.15) is 20.4 Å². The van der Waals surface area contributed by atoms with E-state index in [9.17, 15) is 0 Å². The van der Waals surface area contributed by atoms with Crippen molar-refractivity contribution in [3.8, 4) is 0 Å². The molecule has 0 aliphatic rings. The van der Waals surface area contributed by atoms with Crippen molar-refractivity contribution in [3.05, 3.63) is 58.9 Å². The van der Waals surface area contributed by atoms with Crippen LogP contribution in [0.4, 0.5) is 11.4 Å². The highest BCUT2D eigenvalue weighted by molar-refractivity contribution is 7.80. The topological polar surface area (TPSA) is 104 Å². The summed E-state index contributed by atoms with van der Waals surface area (Å²) >= 11 is 5.66. The van der Waals surface area contributed by atoms with Gasteiger partial charge in [0.1, 0.15) is 0 Å². The van der Waals surface area contributed by atoms with Gasteiger partial charge >= 0.3 is 0 Å². The molecule has 4 N–H and O–H groups in total. The molecule has 0 aliphatic carbocycles. The third kappa shape index (κ3) is 3.36. The summed E-state index contributed by atoms with van der Waals surface area (Å²) in [7, 11) is 0. The van der Waals surface area contributed by atoms with Crippen molar-refractivity contribution in [1.29, 1.82) is 0 Å². The van der Waals surface area contributed by atoms with Crippen LogP contribution in [0.3, 0.4) is 0 Å². The maximum Gasteiger partial charge on any atom is 0.0950 e. The molecule has 28 heavy (non-hydrogen) atoms. The van der Waals surface area contributed by atoms with E-state index in [-0.39, 0.29) is 0 Å². The Morgan fingerprint density at radius 1 is 0.750 bits per heavy atom. The predicted molar refractivity (Wildman–Crippen MR) is 117 cm³/mol. The fourth-order valence-electron chi connectivity index (χ4n) is 3.27. The zero-order valence-electron chi connectivity index (χ0n) is 15.7. The molecule has 4 aromatic rings. The fourth-order valence-corrected chi connectivity index (χ4v) is 3.60. The minimum Gasteiger partial charge on any atom is -0.397 e. The average molecular weight is 389 g/mol. The lowest BCUT2D eigenvalue weighted by atomic mass is 10.0. The van der Waals surface area contributed by atoms with Gasteiger partial charge in [-0.15, -0.1) is 0 Å². The van der Waals surface area contributed by atoms with Crippen LogP contribution < -0.4 is 11.5 Å². The molecule has 0 unspecified atom stereocenters. The maximum absolute atomic E-state index is 6.16. The van der Waals surface area contributed by atoms with Crippen molar-refractivity contribution in [3.63, 3.8) is 0 Å². The number of hydrogen-bond acceptors (Lipinski definition) is 7. The van der Waals surface area contributed by atoms with Crippen LogP contribution >= 0.6 is 12.2 Å². The zero-order chi connectivity index (χ0) is 19.8. The number of nitrogens with zero attached hydrogens (tertiary/aromatic N) is 4. The van der Waals surface area contributed by atoms with Crippen LogP contribution in [0.5, 0.6) is 0 Å². The number of anilines is 2. The maximum atomic E-state index is 6.16. The zero-order valence-corrected chi connectivity index (χ0v) is 16.5. The van der Waals surface area contributed by atoms with E-state index in [0.29, 0.717) is 24.2 Å². The van der Waals surface area contributed by atoms with Crippen molar-refractivity contribution in [1.82, 2.24) is 20.4 Å². The lowest BCUT2D eigenvalue weighted by Gasteiger charge is -2.09. The summed E-state index contributed by atoms with van der Waals surface area (Å²) in [6, 6.07) is 12.0. The van der Waals surface area contributed by atoms with E-state index in [1.54, 1.807) is 0 Å². The molecular weight excluding hydrogens is 368 g/mol. The van der Waals surface area contributed by atoms with E-state index in [1.807, 2.05) is 38.1 Å². The predicted octanol–water partition coefficient (Wildman–Crippen LogP) is 3.51. The van der Waals surface area contributed by atoms with E-state index in [1.165, 1.54) is 0 Å². The summed E-state index contributed by atoms with van der Waals surface area (Å²) in [5.41, 5.74) is 18.9. The van der Waals surface area contributed by atoms with Crippen LogP contribution in [0.2, 0.25) is 0 Å². The van der Waals surface area contributed by atoms with Crippen molar-refractivity contribution in [2.45, 2.75) is 26.7 Å². The van der Waals surface area contributed by atoms with Gasteiger partial charge in [-0.05, 0) is 49.2 Å². The average Bonchev–Trinajstić information content (AvgIpc) is 2.68. The summed E-state index contributed by atoms with van der Waals surface area (Å²) in [6.45, 7) is 3.72. The molecular formula is C21H20N6S. The van der Waals surface area contributed by atoms with Crippen LogP contribution in [0.15, 0.2) is 36.4 Å². The van der Waals surface area contributed by atoms with Crippen LogP contribution in [-0.2, 0) is 12.8 Å². The van der Waals surface area contributed by atoms with Crippen molar-refractivity contribution < 1.29 is 0 Å². The molecule has 0 radical (unpaired) electrons. The van der Waals surface area contributed by atoms with Gasteiger partial charge in [0.25, 0.3) is 0 Å². The van der Waals surface area contributed by atoms with E-state index < -0.39 is 0 Å². The third-order valence-corrected chi connectivity index (χ3v) is 5.19. The number of benzene rings is 2. The molecule has 0 spiro atoms. The highest BCUT2D eigenvalue weighted by Crippen LogP contribution is 2.24. The molecule has 0 atom stereocenters. The third-order valence-electron chi connectivity index (χ3n) is 4.90. The molecule has 0 saturated heterocycles. The Bertz CT molecular complexity index is 1140. The highest BCUT2D eigenvalue weighted by atomic mass is 32.1. The van der Waals surface area contributed by atoms with Gasteiger partial charge in [0.15, 0.2) is 0 Å². The van der Waals surface area contributed by atoms with Crippen LogP contribution in [0.1, 0.15) is 22.5 Å². The second-order valence-corrected chi connectivity index (χ2v) is 7.57. The van der Waals surface area contributed by atoms with Crippen LogP contribution in [0.25, 0.3) is 21.8 Å². The van der Waals surface area contributed by atoms with Gasteiger partial charge in [0.05, 0.1) is 33.8 Å². The van der Waals surface area contributed by atoms with Gasteiger partial charge in [-0.3, -0.25) is 0 Å². The molecule has 0 aliphatic heterocycles. The Kier molecular flexibility index (Phi) is 4.60. The van der Waals surface area contributed by atoms with Crippen molar-refractivity contribution in [2.24, 2.45) is 0 Å². The first-order chi connectivity index (χ1) is 13.4. The first-order valence-electron chi connectivity index (χ1n) is 8.97. The Balaban J connectivity index is 1.58. The first-order valence-corrected chi connectivity index (χ1v) is 9.37. The number of aryl methyl sites for hydroxylation is 2. The normalized spacial score (nSPS) is 11.2. The molecule has 0 saturated carbocycles. The molecule has 6 nitrogen and oxygen atoms in total. The smallest absolute Gasteiger partial charge is 0.0950 e. The minimum atomic E-state index is 0.666. The molecule has 2 heterocycles. The van der Waals surface area contributed by atoms with Crippen molar-refractivity contribution >= 4 is 50.3 Å². The van der Waals surface area contributed by atoms with Crippen LogP contribution in [-0.4, -0.2) is 25.3 Å². The fraction of sp³-hybridized carbons (Fsp3) is 0.190. The largest absolute Gasteiger partial charge is 0.397 e. The number of aromatic nitrogens is 4. The highest BCUT2D eigenvalue weighted by Gasteiger charge is 2.09. The Hall–Kier alpha value is -3.19. The van der Waals surface area contributed by atoms with Gasteiger partial charge in [0.2, 0.25) is 0 Å². The molecule has 2 aromatic heterocycles. The standard InChI is InChI=1S/C21H20N6S/c1-11-20(22)16-9-13(3-5-18(16)26-24-11)7-15(28)8-14-4-6-19-17(10-14)21(23)12(2)25-27-19/h3-6,9-10H,7-8H2,1-2H3,(H2,22,26)(H2,23,27). The summed E-state index contributed by atoms with van der Waals surface area (Å²) in [5, 5.41) is 18.4. The van der Waals surface area contributed by atoms with E-state index in [4.69, 9.17) is 23.7 Å². The first kappa shape index (κ1) is 18.2. The van der Waals surface area contributed by atoms with E-state index in [2.05, 4.69) is 32.5 Å². The number of hydrogen-bond donors (Lipinski definition) is 2. The molecule has 7 heteroatoms. The summed E-state index contributed by atoms with van der Waals surface area (Å²) in [4.78, 5) is 0.938. The second kappa shape index (κ2) is 7.09. The number of fused-ring (bicyclic) bond motifs is 2. The van der Waals surface area contributed by atoms with E-state index >= 15 is 0 Å². The number of thiocarbonyl (C=S) groups is 1. The number of nitrogen functional groups attached to an aromatic ring is 2. The van der Waals surface area contributed by atoms with Gasteiger partial charge in [0, 0.05) is 28.5 Å². The lowest BCUT2D eigenvalue weighted by Crippen LogP contribution is -2.05. The lowest BCUT2D eigenvalue weighted by molar-refractivity contribution is 1.02.